The Kier molecular flexibility index (Phi) is 3.55. The Morgan fingerprint density at radius 3 is 2.61 bits per heavy atom. The fourth-order valence-electron chi connectivity index (χ4n) is 2.23. The van der Waals surface area contributed by atoms with Crippen LogP contribution in [0.2, 0.25) is 0 Å². The summed E-state index contributed by atoms with van der Waals surface area (Å²) >= 11 is 0. The lowest BCUT2D eigenvalue weighted by molar-refractivity contribution is -0.383. The fraction of sp³-hybridized carbons (Fsp3) is 0. The van der Waals surface area contributed by atoms with Crippen molar-refractivity contribution in [3.05, 3.63) is 64.5 Å². The summed E-state index contributed by atoms with van der Waals surface area (Å²) in [4.78, 5) is 30.3. The van der Waals surface area contributed by atoms with E-state index in [1.54, 1.807) is 18.2 Å². The highest BCUT2D eigenvalue weighted by molar-refractivity contribution is 6.00. The quantitative estimate of drug-likeness (QED) is 0.561. The number of fused-ring (bicyclic) bond motifs is 1. The number of aromatic carboxylic acids is 1. The molecule has 3 aromatic rings. The zero-order valence-electron chi connectivity index (χ0n) is 11.6. The van der Waals surface area contributed by atoms with Gasteiger partial charge in [0.25, 0.3) is 5.69 Å². The number of rotatable bonds is 4. The number of hydrogen-bond donors (Lipinski definition) is 2. The summed E-state index contributed by atoms with van der Waals surface area (Å²) < 4.78 is 0. The molecular formula is C15H10N4O4. The number of para-hydroxylation sites is 2. The molecule has 1 aromatic heterocycles. The molecule has 8 nitrogen and oxygen atoms in total. The monoisotopic (exact) mass is 310 g/mol. The van der Waals surface area contributed by atoms with Crippen LogP contribution >= 0.6 is 0 Å². The van der Waals surface area contributed by atoms with Crippen molar-refractivity contribution < 1.29 is 14.8 Å². The summed E-state index contributed by atoms with van der Waals surface area (Å²) in [6.45, 7) is 0. The topological polar surface area (TPSA) is 118 Å². The van der Waals surface area contributed by atoms with Gasteiger partial charge < -0.3 is 10.4 Å². The molecule has 0 saturated heterocycles. The van der Waals surface area contributed by atoms with E-state index in [2.05, 4.69) is 15.3 Å². The molecule has 114 valence electrons. The minimum Gasteiger partial charge on any atom is -0.478 e. The summed E-state index contributed by atoms with van der Waals surface area (Å²) in [5.74, 6) is -1.26. The number of anilines is 2. The molecule has 1 heterocycles. The van der Waals surface area contributed by atoms with Gasteiger partial charge in [-0.15, -0.1) is 0 Å². The van der Waals surface area contributed by atoms with Crippen LogP contribution in [-0.4, -0.2) is 26.0 Å². The van der Waals surface area contributed by atoms with E-state index < -0.39 is 10.9 Å². The van der Waals surface area contributed by atoms with E-state index in [0.717, 1.165) is 0 Å². The summed E-state index contributed by atoms with van der Waals surface area (Å²) in [5, 5.41) is 23.3. The van der Waals surface area contributed by atoms with Gasteiger partial charge >= 0.3 is 5.97 Å². The van der Waals surface area contributed by atoms with Crippen molar-refractivity contribution in [2.75, 3.05) is 5.32 Å². The second-order valence-electron chi connectivity index (χ2n) is 4.62. The Bertz CT molecular complexity index is 889. The Morgan fingerprint density at radius 1 is 1.13 bits per heavy atom. The first-order chi connectivity index (χ1) is 11.1. The SMILES string of the molecule is O=C(O)c1cccc([N+](=O)[O-])c1Nc1cccc2nccnc12. The molecule has 0 aliphatic rings. The van der Waals surface area contributed by atoms with Crippen molar-refractivity contribution in [1.29, 1.82) is 0 Å². The fourth-order valence-corrected chi connectivity index (χ4v) is 2.23. The largest absolute Gasteiger partial charge is 0.478 e. The smallest absolute Gasteiger partial charge is 0.338 e. The lowest BCUT2D eigenvalue weighted by Crippen LogP contribution is -2.06. The van der Waals surface area contributed by atoms with Gasteiger partial charge in [0.1, 0.15) is 11.2 Å². The van der Waals surface area contributed by atoms with Crippen LogP contribution in [0.25, 0.3) is 11.0 Å². The number of carbonyl (C=O) groups is 1. The van der Waals surface area contributed by atoms with E-state index in [1.807, 2.05) is 0 Å². The molecule has 0 fully saturated rings. The Labute approximate surface area is 129 Å². The van der Waals surface area contributed by atoms with E-state index in [-0.39, 0.29) is 16.9 Å². The van der Waals surface area contributed by atoms with Crippen molar-refractivity contribution in [2.24, 2.45) is 0 Å². The van der Waals surface area contributed by atoms with Gasteiger partial charge in [-0.25, -0.2) is 4.79 Å². The van der Waals surface area contributed by atoms with Gasteiger partial charge in [0.2, 0.25) is 0 Å². The van der Waals surface area contributed by atoms with Crippen LogP contribution in [0.1, 0.15) is 10.4 Å². The van der Waals surface area contributed by atoms with Crippen molar-refractivity contribution in [1.82, 2.24) is 9.97 Å². The number of nitrogens with zero attached hydrogens (tertiary/aromatic N) is 3. The van der Waals surface area contributed by atoms with Crippen LogP contribution in [-0.2, 0) is 0 Å². The van der Waals surface area contributed by atoms with Crippen LogP contribution in [0.15, 0.2) is 48.8 Å². The summed E-state index contributed by atoms with van der Waals surface area (Å²) in [7, 11) is 0. The average molecular weight is 310 g/mol. The molecule has 0 bridgehead atoms. The molecule has 8 heteroatoms. The number of hydrogen-bond acceptors (Lipinski definition) is 6. The number of carboxylic acids is 1. The predicted octanol–water partition coefficient (Wildman–Crippen LogP) is 2.98. The minimum atomic E-state index is -1.26. The normalized spacial score (nSPS) is 10.4. The zero-order valence-corrected chi connectivity index (χ0v) is 11.6. The van der Waals surface area contributed by atoms with E-state index in [1.165, 1.54) is 30.6 Å². The second kappa shape index (κ2) is 5.68. The van der Waals surface area contributed by atoms with Crippen molar-refractivity contribution in [2.45, 2.75) is 0 Å². The van der Waals surface area contributed by atoms with Crippen LogP contribution in [0.4, 0.5) is 17.1 Å². The molecule has 0 unspecified atom stereocenters. The first-order valence-electron chi connectivity index (χ1n) is 6.55. The maximum Gasteiger partial charge on any atom is 0.338 e. The third kappa shape index (κ3) is 2.64. The standard InChI is InChI=1S/C15H10N4O4/c20-15(21)9-3-1-6-12(19(22)23)13(9)18-11-5-2-4-10-14(11)17-8-7-16-10/h1-8,18H,(H,20,21). The molecular weight excluding hydrogens is 300 g/mol. The molecule has 0 aliphatic heterocycles. The van der Waals surface area contributed by atoms with Crippen molar-refractivity contribution >= 4 is 34.1 Å². The lowest BCUT2D eigenvalue weighted by atomic mass is 10.1. The molecule has 0 aliphatic carbocycles. The Hall–Kier alpha value is -3.55. The first-order valence-corrected chi connectivity index (χ1v) is 6.55. The third-order valence-electron chi connectivity index (χ3n) is 3.23. The molecule has 23 heavy (non-hydrogen) atoms. The molecule has 3 rings (SSSR count). The van der Waals surface area contributed by atoms with Crippen molar-refractivity contribution in [3.8, 4) is 0 Å². The van der Waals surface area contributed by atoms with E-state index >= 15 is 0 Å². The minimum absolute atomic E-state index is 0.0943. The van der Waals surface area contributed by atoms with Gasteiger partial charge in [-0.05, 0) is 18.2 Å². The number of carboxylic acid groups (broad SMARTS) is 1. The predicted molar refractivity (Wildman–Crippen MR) is 82.9 cm³/mol. The summed E-state index contributed by atoms with van der Waals surface area (Å²) in [6.07, 6.45) is 3.02. The Morgan fingerprint density at radius 2 is 1.87 bits per heavy atom. The Balaban J connectivity index is 2.19. The van der Waals surface area contributed by atoms with Gasteiger partial charge in [0.05, 0.1) is 21.7 Å². The highest BCUT2D eigenvalue weighted by Gasteiger charge is 2.22. The van der Waals surface area contributed by atoms with Gasteiger partial charge in [0.15, 0.2) is 0 Å². The number of aromatic nitrogens is 2. The van der Waals surface area contributed by atoms with E-state index in [9.17, 15) is 20.0 Å². The molecule has 0 saturated carbocycles. The molecule has 2 aromatic carbocycles. The van der Waals surface area contributed by atoms with Gasteiger partial charge in [-0.3, -0.25) is 20.1 Å². The van der Waals surface area contributed by atoms with Crippen LogP contribution in [0.5, 0.6) is 0 Å². The highest BCUT2D eigenvalue weighted by Crippen LogP contribution is 2.33. The van der Waals surface area contributed by atoms with Crippen LogP contribution in [0.3, 0.4) is 0 Å². The molecule has 2 N–H and O–H groups in total. The number of nitro benzene ring substituents is 1. The molecule has 0 atom stereocenters. The van der Waals surface area contributed by atoms with Crippen LogP contribution < -0.4 is 5.32 Å². The molecule has 0 amide bonds. The van der Waals surface area contributed by atoms with Gasteiger partial charge in [-0.1, -0.05) is 12.1 Å². The summed E-state index contributed by atoms with van der Waals surface area (Å²) in [5.41, 5.74) is 0.902. The van der Waals surface area contributed by atoms with E-state index in [0.29, 0.717) is 16.7 Å². The second-order valence-corrected chi connectivity index (χ2v) is 4.62. The number of nitrogens with one attached hydrogen (secondary N) is 1. The number of nitro groups is 1. The highest BCUT2D eigenvalue weighted by atomic mass is 16.6. The molecule has 0 spiro atoms. The van der Waals surface area contributed by atoms with E-state index in [4.69, 9.17) is 0 Å². The lowest BCUT2D eigenvalue weighted by Gasteiger charge is -2.11. The summed E-state index contributed by atoms with van der Waals surface area (Å²) in [6, 6.07) is 8.97. The van der Waals surface area contributed by atoms with Crippen LogP contribution in [0, 0.1) is 10.1 Å². The maximum atomic E-state index is 11.4. The van der Waals surface area contributed by atoms with Gasteiger partial charge in [0, 0.05) is 18.5 Å². The van der Waals surface area contributed by atoms with Gasteiger partial charge in [-0.2, -0.15) is 0 Å². The first kappa shape index (κ1) is 14.4. The maximum absolute atomic E-state index is 11.4. The number of benzene rings is 2. The third-order valence-corrected chi connectivity index (χ3v) is 3.23. The van der Waals surface area contributed by atoms with Crippen molar-refractivity contribution in [3.63, 3.8) is 0 Å². The average Bonchev–Trinajstić information content (AvgIpc) is 2.55. The zero-order chi connectivity index (χ0) is 16.4. The molecule has 0 radical (unpaired) electrons.